The molecule has 0 unspecified atom stereocenters. The Balaban J connectivity index is 1.66. The maximum atomic E-state index is 12.5. The van der Waals surface area contributed by atoms with Crippen LogP contribution < -0.4 is 10.6 Å². The fourth-order valence-electron chi connectivity index (χ4n) is 2.88. The van der Waals surface area contributed by atoms with Gasteiger partial charge < -0.3 is 10.6 Å². The summed E-state index contributed by atoms with van der Waals surface area (Å²) in [6.45, 7) is 3.91. The molecule has 2 N–H and O–H groups in total. The maximum absolute atomic E-state index is 12.5. The van der Waals surface area contributed by atoms with Crippen LogP contribution in [0.2, 0.25) is 0 Å². The molecule has 0 radical (unpaired) electrons. The Hall–Kier alpha value is -3.73. The molecule has 0 fully saturated rings. The van der Waals surface area contributed by atoms with Crippen LogP contribution in [0, 0.1) is 6.92 Å². The van der Waals surface area contributed by atoms with E-state index < -0.39 is 0 Å². The Morgan fingerprint density at radius 3 is 2.07 bits per heavy atom. The first-order chi connectivity index (χ1) is 13.9. The molecule has 0 aliphatic heterocycles. The van der Waals surface area contributed by atoms with Crippen molar-refractivity contribution in [3.05, 3.63) is 101 Å². The van der Waals surface area contributed by atoms with Gasteiger partial charge in [0.15, 0.2) is 5.78 Å². The van der Waals surface area contributed by atoms with Gasteiger partial charge >= 0.3 is 0 Å². The number of amides is 2. The summed E-state index contributed by atoms with van der Waals surface area (Å²) in [5.74, 6) is -0.602. The van der Waals surface area contributed by atoms with Crippen molar-refractivity contribution in [1.82, 2.24) is 5.32 Å². The number of carbonyl (C=O) groups is 3. The van der Waals surface area contributed by atoms with Gasteiger partial charge in [-0.05, 0) is 67.4 Å². The highest BCUT2D eigenvalue weighted by atomic mass is 16.2. The lowest BCUT2D eigenvalue weighted by molar-refractivity contribution is 0.0950. The van der Waals surface area contributed by atoms with Crippen molar-refractivity contribution in [2.45, 2.75) is 20.4 Å². The van der Waals surface area contributed by atoms with Crippen LogP contribution in [-0.4, -0.2) is 17.6 Å². The van der Waals surface area contributed by atoms with Crippen molar-refractivity contribution in [3.63, 3.8) is 0 Å². The zero-order chi connectivity index (χ0) is 20.8. The average Bonchev–Trinajstić information content (AvgIpc) is 2.73. The van der Waals surface area contributed by atoms with Crippen LogP contribution in [-0.2, 0) is 6.54 Å². The van der Waals surface area contributed by atoms with E-state index in [-0.39, 0.29) is 17.6 Å². The molecule has 5 heteroatoms. The fraction of sp³-hybridized carbons (Fsp3) is 0.125. The monoisotopic (exact) mass is 386 g/mol. The predicted octanol–water partition coefficient (Wildman–Crippen LogP) is 4.38. The van der Waals surface area contributed by atoms with Crippen molar-refractivity contribution in [1.29, 1.82) is 0 Å². The number of Topliss-reactive ketones (excluding diaryl/α,β-unsaturated/α-hetero) is 1. The number of benzene rings is 3. The first-order valence-electron chi connectivity index (χ1n) is 9.29. The number of nitrogens with one attached hydrogen (secondary N) is 2. The van der Waals surface area contributed by atoms with Gasteiger partial charge in [-0.3, -0.25) is 14.4 Å². The molecule has 0 spiro atoms. The number of hydrogen-bond donors (Lipinski definition) is 2. The zero-order valence-corrected chi connectivity index (χ0v) is 16.4. The molecular formula is C24H22N2O3. The smallest absolute Gasteiger partial charge is 0.255 e. The van der Waals surface area contributed by atoms with Crippen molar-refractivity contribution < 1.29 is 14.4 Å². The van der Waals surface area contributed by atoms with Crippen LogP contribution in [0.4, 0.5) is 5.69 Å². The van der Waals surface area contributed by atoms with Gasteiger partial charge in [0.05, 0.1) is 0 Å². The average molecular weight is 386 g/mol. The third kappa shape index (κ3) is 5.17. The van der Waals surface area contributed by atoms with Gasteiger partial charge in [-0.1, -0.05) is 30.3 Å². The normalized spacial score (nSPS) is 10.3. The second-order valence-electron chi connectivity index (χ2n) is 6.78. The summed E-state index contributed by atoms with van der Waals surface area (Å²) in [5.41, 5.74) is 4.10. The number of anilines is 1. The predicted molar refractivity (Wildman–Crippen MR) is 113 cm³/mol. The van der Waals surface area contributed by atoms with Crippen molar-refractivity contribution in [3.8, 4) is 0 Å². The minimum Gasteiger partial charge on any atom is -0.348 e. The molecule has 0 saturated carbocycles. The van der Waals surface area contributed by atoms with E-state index in [9.17, 15) is 14.4 Å². The molecule has 3 aromatic carbocycles. The van der Waals surface area contributed by atoms with E-state index in [1.54, 1.807) is 48.5 Å². The van der Waals surface area contributed by atoms with Crippen LogP contribution in [0.15, 0.2) is 72.8 Å². The zero-order valence-electron chi connectivity index (χ0n) is 16.4. The summed E-state index contributed by atoms with van der Waals surface area (Å²) in [6.07, 6.45) is 0. The molecule has 0 saturated heterocycles. The molecule has 2 amide bonds. The number of rotatable bonds is 6. The van der Waals surface area contributed by atoms with E-state index >= 15 is 0 Å². The van der Waals surface area contributed by atoms with E-state index in [0.29, 0.717) is 28.9 Å². The Kier molecular flexibility index (Phi) is 6.19. The molecule has 146 valence electrons. The van der Waals surface area contributed by atoms with Crippen LogP contribution in [0.3, 0.4) is 0 Å². The van der Waals surface area contributed by atoms with Gasteiger partial charge in [-0.15, -0.1) is 0 Å². The van der Waals surface area contributed by atoms with Gasteiger partial charge in [0.2, 0.25) is 0 Å². The van der Waals surface area contributed by atoms with Gasteiger partial charge in [-0.25, -0.2) is 0 Å². The lowest BCUT2D eigenvalue weighted by Crippen LogP contribution is -2.23. The topological polar surface area (TPSA) is 75.3 Å². The Labute approximate surface area is 169 Å². The molecule has 3 aromatic rings. The summed E-state index contributed by atoms with van der Waals surface area (Å²) in [7, 11) is 0. The van der Waals surface area contributed by atoms with E-state index in [1.165, 1.54) is 6.92 Å². The summed E-state index contributed by atoms with van der Waals surface area (Å²) < 4.78 is 0. The van der Waals surface area contributed by atoms with Gasteiger partial charge in [0.25, 0.3) is 11.8 Å². The number of ketones is 1. The minimum atomic E-state index is -0.325. The lowest BCUT2D eigenvalue weighted by atomic mass is 10.1. The molecule has 5 nitrogen and oxygen atoms in total. The summed E-state index contributed by atoms with van der Waals surface area (Å²) in [5, 5.41) is 5.66. The van der Waals surface area contributed by atoms with Crippen molar-refractivity contribution in [2.75, 3.05) is 5.32 Å². The Bertz CT molecular complexity index is 1060. The number of aryl methyl sites for hydroxylation is 1. The molecule has 0 aromatic heterocycles. The first kappa shape index (κ1) is 20.0. The third-order valence-corrected chi connectivity index (χ3v) is 4.64. The van der Waals surface area contributed by atoms with Crippen LogP contribution >= 0.6 is 0 Å². The highest BCUT2D eigenvalue weighted by Crippen LogP contribution is 2.13. The third-order valence-electron chi connectivity index (χ3n) is 4.64. The second-order valence-corrected chi connectivity index (χ2v) is 6.78. The van der Waals surface area contributed by atoms with E-state index in [4.69, 9.17) is 0 Å². The molecule has 0 aliphatic rings. The van der Waals surface area contributed by atoms with Gasteiger partial charge in [0.1, 0.15) is 0 Å². The SMILES string of the molecule is CC(=O)c1ccc(NC(=O)c2cccc(C(=O)NCc3ccccc3C)c2)cc1. The molecule has 0 bridgehead atoms. The molecular weight excluding hydrogens is 364 g/mol. The van der Waals surface area contributed by atoms with Crippen LogP contribution in [0.25, 0.3) is 0 Å². The highest BCUT2D eigenvalue weighted by molar-refractivity contribution is 6.06. The number of hydrogen-bond acceptors (Lipinski definition) is 3. The van der Waals surface area contributed by atoms with E-state index in [1.807, 2.05) is 31.2 Å². The molecule has 0 atom stereocenters. The quantitative estimate of drug-likeness (QED) is 0.618. The largest absolute Gasteiger partial charge is 0.348 e. The first-order valence-corrected chi connectivity index (χ1v) is 9.29. The molecule has 29 heavy (non-hydrogen) atoms. The standard InChI is InChI=1S/C24H22N2O3/c1-16-6-3-4-7-21(16)15-25-23(28)19-8-5-9-20(14-19)24(29)26-22-12-10-18(11-13-22)17(2)27/h3-14H,15H2,1-2H3,(H,25,28)(H,26,29). The summed E-state index contributed by atoms with van der Waals surface area (Å²) in [6, 6.07) is 21.1. The van der Waals surface area contributed by atoms with Crippen molar-refractivity contribution >= 4 is 23.3 Å². The fourth-order valence-corrected chi connectivity index (χ4v) is 2.88. The molecule has 0 heterocycles. The van der Waals surface area contributed by atoms with E-state index in [0.717, 1.165) is 11.1 Å². The second kappa shape index (κ2) is 8.97. The van der Waals surface area contributed by atoms with Crippen molar-refractivity contribution in [2.24, 2.45) is 0 Å². The molecule has 0 aliphatic carbocycles. The van der Waals surface area contributed by atoms with Crippen LogP contribution in [0.1, 0.15) is 49.1 Å². The minimum absolute atomic E-state index is 0.0349. The number of carbonyl (C=O) groups excluding carboxylic acids is 3. The summed E-state index contributed by atoms with van der Waals surface area (Å²) in [4.78, 5) is 36.3. The van der Waals surface area contributed by atoms with E-state index in [2.05, 4.69) is 10.6 Å². The maximum Gasteiger partial charge on any atom is 0.255 e. The highest BCUT2D eigenvalue weighted by Gasteiger charge is 2.11. The van der Waals surface area contributed by atoms with Gasteiger partial charge in [0, 0.05) is 28.9 Å². The van der Waals surface area contributed by atoms with Crippen LogP contribution in [0.5, 0.6) is 0 Å². The lowest BCUT2D eigenvalue weighted by Gasteiger charge is -2.09. The van der Waals surface area contributed by atoms with Gasteiger partial charge in [-0.2, -0.15) is 0 Å². The molecule has 3 rings (SSSR count). The summed E-state index contributed by atoms with van der Waals surface area (Å²) >= 11 is 0. The Morgan fingerprint density at radius 1 is 0.759 bits per heavy atom. The Morgan fingerprint density at radius 2 is 1.41 bits per heavy atom.